The van der Waals surface area contributed by atoms with Gasteiger partial charge in [0.25, 0.3) is 0 Å². The summed E-state index contributed by atoms with van der Waals surface area (Å²) in [6.07, 6.45) is 2.04. The molecule has 1 heterocycles. The molecule has 0 atom stereocenters. The summed E-state index contributed by atoms with van der Waals surface area (Å²) >= 11 is 0. The zero-order chi connectivity index (χ0) is 14.7. The Morgan fingerprint density at radius 2 is 1.90 bits per heavy atom. The van der Waals surface area contributed by atoms with Gasteiger partial charge >= 0.3 is 0 Å². The van der Waals surface area contributed by atoms with E-state index in [1.54, 1.807) is 0 Å². The molecule has 1 aromatic carbocycles. The van der Waals surface area contributed by atoms with Gasteiger partial charge in [0.15, 0.2) is 0 Å². The molecule has 0 aliphatic heterocycles. The summed E-state index contributed by atoms with van der Waals surface area (Å²) in [5.41, 5.74) is 4.91. The number of aromatic nitrogens is 2. The van der Waals surface area contributed by atoms with Crippen molar-refractivity contribution in [1.82, 2.24) is 15.1 Å². The molecular weight excluding hydrogens is 246 g/mol. The van der Waals surface area contributed by atoms with Gasteiger partial charge < -0.3 is 5.32 Å². The molecule has 0 aliphatic carbocycles. The van der Waals surface area contributed by atoms with Crippen LogP contribution in [0.4, 0.5) is 0 Å². The van der Waals surface area contributed by atoms with E-state index in [0.717, 1.165) is 17.9 Å². The highest BCUT2D eigenvalue weighted by Crippen LogP contribution is 2.17. The number of nitrogens with one attached hydrogen (secondary N) is 1. The highest BCUT2D eigenvalue weighted by Gasteiger charge is 2.06. The summed E-state index contributed by atoms with van der Waals surface area (Å²) in [6, 6.07) is 9.13. The van der Waals surface area contributed by atoms with Gasteiger partial charge in [-0.25, -0.2) is 4.68 Å². The van der Waals surface area contributed by atoms with E-state index in [1.165, 1.54) is 11.1 Å². The third-order valence-corrected chi connectivity index (χ3v) is 3.49. The van der Waals surface area contributed by atoms with Gasteiger partial charge in [0.2, 0.25) is 0 Å². The molecule has 1 aromatic heterocycles. The molecule has 2 aromatic rings. The number of aryl methyl sites for hydroxylation is 1. The van der Waals surface area contributed by atoms with E-state index in [-0.39, 0.29) is 0 Å². The number of nitrogens with zero attached hydrogens (tertiary/aromatic N) is 2. The van der Waals surface area contributed by atoms with Crippen LogP contribution < -0.4 is 5.32 Å². The normalized spacial score (nSPS) is 11.6. The molecule has 0 fully saturated rings. The Labute approximate surface area is 122 Å². The Hall–Kier alpha value is -1.61. The van der Waals surface area contributed by atoms with Gasteiger partial charge in [-0.2, -0.15) is 5.10 Å². The van der Waals surface area contributed by atoms with Crippen LogP contribution in [0.15, 0.2) is 30.5 Å². The molecule has 108 valence electrons. The van der Waals surface area contributed by atoms with Crippen molar-refractivity contribution in [3.05, 3.63) is 47.3 Å². The lowest BCUT2D eigenvalue weighted by molar-refractivity contribution is 0.587. The first-order valence-electron chi connectivity index (χ1n) is 7.36. The van der Waals surface area contributed by atoms with Crippen molar-refractivity contribution in [1.29, 1.82) is 0 Å². The molecule has 2 rings (SSSR count). The zero-order valence-corrected chi connectivity index (χ0v) is 13.1. The molecule has 0 bridgehead atoms. The lowest BCUT2D eigenvalue weighted by atomic mass is 10.1. The van der Waals surface area contributed by atoms with Gasteiger partial charge in [-0.15, -0.1) is 0 Å². The number of benzene rings is 1. The molecular formula is C17H25N3. The minimum absolute atomic E-state index is 0.465. The largest absolute Gasteiger partial charge is 0.310 e. The average molecular weight is 271 g/mol. The summed E-state index contributed by atoms with van der Waals surface area (Å²) < 4.78 is 1.96. The van der Waals surface area contributed by atoms with E-state index in [4.69, 9.17) is 0 Å². The van der Waals surface area contributed by atoms with Crippen LogP contribution in [0.5, 0.6) is 0 Å². The molecule has 1 N–H and O–H groups in total. The van der Waals surface area contributed by atoms with E-state index in [2.05, 4.69) is 69.3 Å². The Morgan fingerprint density at radius 3 is 2.45 bits per heavy atom. The fourth-order valence-corrected chi connectivity index (χ4v) is 2.12. The smallest absolute Gasteiger partial charge is 0.0654 e. The summed E-state index contributed by atoms with van der Waals surface area (Å²) in [5.74, 6) is 0.465. The van der Waals surface area contributed by atoms with Crippen LogP contribution in [0, 0.1) is 6.92 Å². The van der Waals surface area contributed by atoms with E-state index in [0.29, 0.717) is 12.0 Å². The van der Waals surface area contributed by atoms with Crippen molar-refractivity contribution in [2.24, 2.45) is 0 Å². The average Bonchev–Trinajstić information content (AvgIpc) is 2.86. The van der Waals surface area contributed by atoms with Crippen LogP contribution in [-0.4, -0.2) is 15.8 Å². The predicted octanol–water partition coefficient (Wildman–Crippen LogP) is 3.80. The third-order valence-electron chi connectivity index (χ3n) is 3.49. The first-order chi connectivity index (χ1) is 9.47. The molecule has 20 heavy (non-hydrogen) atoms. The second kappa shape index (κ2) is 6.23. The lowest BCUT2D eigenvalue weighted by Crippen LogP contribution is -2.22. The maximum atomic E-state index is 4.63. The number of rotatable bonds is 5. The van der Waals surface area contributed by atoms with Gasteiger partial charge in [0.05, 0.1) is 11.4 Å². The van der Waals surface area contributed by atoms with Gasteiger partial charge in [0.1, 0.15) is 0 Å². The molecule has 0 saturated heterocycles. The minimum Gasteiger partial charge on any atom is -0.310 e. The Kier molecular flexibility index (Phi) is 4.61. The van der Waals surface area contributed by atoms with E-state index in [1.807, 2.05) is 10.9 Å². The molecule has 3 nitrogen and oxygen atoms in total. The highest BCUT2D eigenvalue weighted by atomic mass is 15.3. The summed E-state index contributed by atoms with van der Waals surface area (Å²) in [6.45, 7) is 11.7. The van der Waals surface area contributed by atoms with Gasteiger partial charge in [0, 0.05) is 18.8 Å². The zero-order valence-electron chi connectivity index (χ0n) is 13.1. The van der Waals surface area contributed by atoms with Crippen molar-refractivity contribution in [2.45, 2.75) is 53.1 Å². The lowest BCUT2D eigenvalue weighted by Gasteiger charge is -2.12. The summed E-state index contributed by atoms with van der Waals surface area (Å²) in [4.78, 5) is 0. The third kappa shape index (κ3) is 3.48. The molecule has 0 aliphatic rings. The standard InChI is InChI=1S/C17H25N3/c1-12(2)17-8-9-20(19-17)16-7-6-15(14(5)10-16)11-18-13(3)4/h6-10,12-13,18H,11H2,1-5H3. The SMILES string of the molecule is Cc1cc(-n2ccc(C(C)C)n2)ccc1CNC(C)C. The van der Waals surface area contributed by atoms with Crippen molar-refractivity contribution < 1.29 is 0 Å². The maximum Gasteiger partial charge on any atom is 0.0654 e. The van der Waals surface area contributed by atoms with E-state index in [9.17, 15) is 0 Å². The van der Waals surface area contributed by atoms with Crippen LogP contribution >= 0.6 is 0 Å². The number of hydrogen-bond donors (Lipinski definition) is 1. The van der Waals surface area contributed by atoms with Crippen molar-refractivity contribution >= 4 is 0 Å². The monoisotopic (exact) mass is 271 g/mol. The second-order valence-electron chi connectivity index (χ2n) is 5.99. The van der Waals surface area contributed by atoms with Crippen molar-refractivity contribution in [2.75, 3.05) is 0 Å². The van der Waals surface area contributed by atoms with Gasteiger partial charge in [-0.05, 0) is 42.2 Å². The molecule has 0 radical (unpaired) electrons. The fourth-order valence-electron chi connectivity index (χ4n) is 2.12. The molecule has 0 amide bonds. The Bertz CT molecular complexity index is 567. The first-order valence-corrected chi connectivity index (χ1v) is 7.36. The van der Waals surface area contributed by atoms with Crippen LogP contribution in [0.25, 0.3) is 5.69 Å². The molecule has 3 heteroatoms. The fraction of sp³-hybridized carbons (Fsp3) is 0.471. The quantitative estimate of drug-likeness (QED) is 0.896. The first kappa shape index (κ1) is 14.8. The Morgan fingerprint density at radius 1 is 1.15 bits per heavy atom. The van der Waals surface area contributed by atoms with Crippen molar-refractivity contribution in [3.8, 4) is 5.69 Å². The molecule has 0 unspecified atom stereocenters. The van der Waals surface area contributed by atoms with Crippen LogP contribution in [0.2, 0.25) is 0 Å². The van der Waals surface area contributed by atoms with Crippen molar-refractivity contribution in [3.63, 3.8) is 0 Å². The summed E-state index contributed by atoms with van der Waals surface area (Å²) in [7, 11) is 0. The maximum absolute atomic E-state index is 4.63. The minimum atomic E-state index is 0.465. The second-order valence-corrected chi connectivity index (χ2v) is 5.99. The summed E-state index contributed by atoms with van der Waals surface area (Å²) in [5, 5.41) is 8.08. The highest BCUT2D eigenvalue weighted by molar-refractivity contribution is 5.39. The van der Waals surface area contributed by atoms with Crippen LogP contribution in [-0.2, 0) is 6.54 Å². The van der Waals surface area contributed by atoms with Crippen LogP contribution in [0.1, 0.15) is 50.4 Å². The van der Waals surface area contributed by atoms with Crippen LogP contribution in [0.3, 0.4) is 0 Å². The topological polar surface area (TPSA) is 29.9 Å². The van der Waals surface area contributed by atoms with Gasteiger partial charge in [-0.3, -0.25) is 0 Å². The Balaban J connectivity index is 2.19. The van der Waals surface area contributed by atoms with E-state index < -0.39 is 0 Å². The van der Waals surface area contributed by atoms with E-state index >= 15 is 0 Å². The van der Waals surface area contributed by atoms with Gasteiger partial charge in [-0.1, -0.05) is 33.8 Å². The molecule has 0 spiro atoms. The molecule has 0 saturated carbocycles. The number of hydrogen-bond acceptors (Lipinski definition) is 2. The predicted molar refractivity (Wildman–Crippen MR) is 84.4 cm³/mol.